The summed E-state index contributed by atoms with van der Waals surface area (Å²) in [5, 5.41) is 3.44. The van der Waals surface area contributed by atoms with Gasteiger partial charge in [0.1, 0.15) is 0 Å². The fourth-order valence-corrected chi connectivity index (χ4v) is 3.20. The molecule has 5 heteroatoms. The lowest BCUT2D eigenvalue weighted by Crippen LogP contribution is -2.39. The van der Waals surface area contributed by atoms with Crippen molar-refractivity contribution in [2.24, 2.45) is 0 Å². The van der Waals surface area contributed by atoms with E-state index in [0.717, 1.165) is 12.8 Å². The minimum Gasteiger partial charge on any atom is -0.325 e. The number of hydrogen-bond donors (Lipinski definition) is 1. The smallest absolute Gasteiger partial charge is 0.241 e. The van der Waals surface area contributed by atoms with E-state index >= 15 is 0 Å². The maximum Gasteiger partial charge on any atom is 0.241 e. The largest absolute Gasteiger partial charge is 0.325 e. The second-order valence-electron chi connectivity index (χ2n) is 5.52. The van der Waals surface area contributed by atoms with E-state index in [9.17, 15) is 9.00 Å². The van der Waals surface area contributed by atoms with Crippen molar-refractivity contribution >= 4 is 16.7 Å². The van der Waals surface area contributed by atoms with E-state index in [4.69, 9.17) is 0 Å². The van der Waals surface area contributed by atoms with Crippen LogP contribution in [0.1, 0.15) is 25.3 Å². The molecule has 0 radical (unpaired) electrons. The van der Waals surface area contributed by atoms with Gasteiger partial charge in [-0.25, -0.2) is 0 Å². The summed E-state index contributed by atoms with van der Waals surface area (Å²) in [5.41, 5.74) is 1.17. The lowest BCUT2D eigenvalue weighted by atomic mass is 10.1. The van der Waals surface area contributed by atoms with Crippen LogP contribution in [0.15, 0.2) is 30.3 Å². The standard InChI is InChI=1S/C16H24N2O2S/c1-3-7-15-17-14(12-13-8-5-4-6-9-13)16(19)18(15)10-11-21(2)20/h4-6,8-9,14-15,17H,3,7,10-12H2,1-2H3. The molecule has 1 fully saturated rings. The highest BCUT2D eigenvalue weighted by Gasteiger charge is 2.37. The molecule has 0 bridgehead atoms. The first-order valence-electron chi connectivity index (χ1n) is 7.52. The van der Waals surface area contributed by atoms with E-state index in [1.807, 2.05) is 35.2 Å². The molecule has 0 saturated carbocycles. The van der Waals surface area contributed by atoms with Crippen LogP contribution < -0.4 is 5.32 Å². The molecule has 3 atom stereocenters. The fourth-order valence-electron chi connectivity index (χ4n) is 2.75. The van der Waals surface area contributed by atoms with Gasteiger partial charge in [-0.2, -0.15) is 0 Å². The molecule has 1 aromatic rings. The second kappa shape index (κ2) is 7.71. The molecular formula is C16H24N2O2S. The molecule has 1 heterocycles. The molecule has 0 spiro atoms. The van der Waals surface area contributed by atoms with Gasteiger partial charge in [-0.05, 0) is 18.4 Å². The minimum absolute atomic E-state index is 0.0831. The Morgan fingerprint density at radius 2 is 2.00 bits per heavy atom. The number of rotatable bonds is 7. The minimum atomic E-state index is -0.866. The number of benzene rings is 1. The van der Waals surface area contributed by atoms with E-state index in [-0.39, 0.29) is 18.1 Å². The quantitative estimate of drug-likeness (QED) is 0.831. The molecule has 0 aliphatic carbocycles. The van der Waals surface area contributed by atoms with E-state index in [0.29, 0.717) is 18.7 Å². The molecular weight excluding hydrogens is 284 g/mol. The number of carbonyl (C=O) groups is 1. The maximum absolute atomic E-state index is 12.6. The molecule has 3 unspecified atom stereocenters. The van der Waals surface area contributed by atoms with E-state index < -0.39 is 10.8 Å². The Labute approximate surface area is 129 Å². The van der Waals surface area contributed by atoms with E-state index in [1.165, 1.54) is 5.56 Å². The maximum atomic E-state index is 12.6. The Morgan fingerprint density at radius 3 is 2.62 bits per heavy atom. The SMILES string of the molecule is CCCC1NC(Cc2ccccc2)C(=O)N1CCS(C)=O. The molecule has 1 aromatic carbocycles. The highest BCUT2D eigenvalue weighted by molar-refractivity contribution is 7.84. The van der Waals surface area contributed by atoms with Crippen LogP contribution in [-0.4, -0.2) is 45.8 Å². The molecule has 116 valence electrons. The summed E-state index contributed by atoms with van der Waals surface area (Å²) in [6, 6.07) is 9.92. The first-order chi connectivity index (χ1) is 10.1. The van der Waals surface area contributed by atoms with Gasteiger partial charge in [0, 0.05) is 29.4 Å². The third-order valence-electron chi connectivity index (χ3n) is 3.82. The Bertz CT molecular complexity index is 492. The van der Waals surface area contributed by atoms with Crippen LogP contribution in [0.5, 0.6) is 0 Å². The van der Waals surface area contributed by atoms with Gasteiger partial charge in [-0.15, -0.1) is 0 Å². The van der Waals surface area contributed by atoms with Crippen LogP contribution in [0.4, 0.5) is 0 Å². The van der Waals surface area contributed by atoms with Gasteiger partial charge in [0.15, 0.2) is 0 Å². The topological polar surface area (TPSA) is 49.4 Å². The fraction of sp³-hybridized carbons (Fsp3) is 0.562. The Balaban J connectivity index is 2.03. The third kappa shape index (κ3) is 4.38. The van der Waals surface area contributed by atoms with Crippen molar-refractivity contribution in [2.45, 2.75) is 38.4 Å². The van der Waals surface area contributed by atoms with Crippen LogP contribution in [-0.2, 0) is 22.0 Å². The van der Waals surface area contributed by atoms with Crippen molar-refractivity contribution in [1.82, 2.24) is 10.2 Å². The van der Waals surface area contributed by atoms with E-state index in [1.54, 1.807) is 6.26 Å². The summed E-state index contributed by atoms with van der Waals surface area (Å²) in [7, 11) is -0.866. The second-order valence-corrected chi connectivity index (χ2v) is 7.08. The predicted octanol–water partition coefficient (Wildman–Crippen LogP) is 1.53. The van der Waals surface area contributed by atoms with Crippen LogP contribution in [0.2, 0.25) is 0 Å². The molecule has 0 aromatic heterocycles. The molecule has 4 nitrogen and oxygen atoms in total. The van der Waals surface area contributed by atoms with Gasteiger partial charge in [0.05, 0.1) is 12.2 Å². The molecule has 1 N–H and O–H groups in total. The Hall–Kier alpha value is -1.20. The first kappa shape index (κ1) is 16.2. The summed E-state index contributed by atoms with van der Waals surface area (Å²) < 4.78 is 11.3. The van der Waals surface area contributed by atoms with Crippen LogP contribution >= 0.6 is 0 Å². The number of carbonyl (C=O) groups excluding carboxylic acids is 1. The average molecular weight is 308 g/mol. The van der Waals surface area contributed by atoms with Gasteiger partial charge in [0.25, 0.3) is 0 Å². The zero-order valence-corrected chi connectivity index (χ0v) is 13.6. The molecule has 2 rings (SSSR count). The van der Waals surface area contributed by atoms with Crippen LogP contribution in [0.3, 0.4) is 0 Å². The van der Waals surface area contributed by atoms with Gasteiger partial charge < -0.3 is 4.90 Å². The van der Waals surface area contributed by atoms with Crippen molar-refractivity contribution in [3.8, 4) is 0 Å². The van der Waals surface area contributed by atoms with E-state index in [2.05, 4.69) is 12.2 Å². The highest BCUT2D eigenvalue weighted by Crippen LogP contribution is 2.18. The summed E-state index contributed by atoms with van der Waals surface area (Å²) in [4.78, 5) is 14.4. The summed E-state index contributed by atoms with van der Waals surface area (Å²) in [5.74, 6) is 0.689. The van der Waals surface area contributed by atoms with Gasteiger partial charge in [-0.1, -0.05) is 43.7 Å². The lowest BCUT2D eigenvalue weighted by Gasteiger charge is -2.23. The molecule has 1 saturated heterocycles. The molecule has 1 aliphatic rings. The third-order valence-corrected chi connectivity index (χ3v) is 4.57. The molecule has 1 amide bonds. The Morgan fingerprint density at radius 1 is 1.29 bits per heavy atom. The predicted molar refractivity (Wildman–Crippen MR) is 86.4 cm³/mol. The van der Waals surface area contributed by atoms with Crippen molar-refractivity contribution in [3.63, 3.8) is 0 Å². The Kier molecular flexibility index (Phi) is 5.94. The normalized spacial score (nSPS) is 23.5. The first-order valence-corrected chi connectivity index (χ1v) is 9.25. The van der Waals surface area contributed by atoms with Crippen molar-refractivity contribution < 1.29 is 9.00 Å². The van der Waals surface area contributed by atoms with Crippen molar-refractivity contribution in [3.05, 3.63) is 35.9 Å². The highest BCUT2D eigenvalue weighted by atomic mass is 32.2. The zero-order chi connectivity index (χ0) is 15.2. The van der Waals surface area contributed by atoms with Crippen molar-refractivity contribution in [1.29, 1.82) is 0 Å². The number of nitrogens with one attached hydrogen (secondary N) is 1. The number of amides is 1. The number of hydrogen-bond acceptors (Lipinski definition) is 3. The molecule has 1 aliphatic heterocycles. The summed E-state index contributed by atoms with van der Waals surface area (Å²) in [6.45, 7) is 2.69. The number of nitrogens with zero attached hydrogens (tertiary/aromatic N) is 1. The van der Waals surface area contributed by atoms with Crippen molar-refractivity contribution in [2.75, 3.05) is 18.6 Å². The van der Waals surface area contributed by atoms with Gasteiger partial charge in [-0.3, -0.25) is 14.3 Å². The summed E-state index contributed by atoms with van der Waals surface area (Å²) >= 11 is 0. The summed E-state index contributed by atoms with van der Waals surface area (Å²) in [6.07, 6.45) is 4.44. The monoisotopic (exact) mass is 308 g/mol. The zero-order valence-electron chi connectivity index (χ0n) is 12.7. The average Bonchev–Trinajstić information content (AvgIpc) is 2.74. The van der Waals surface area contributed by atoms with Gasteiger partial charge >= 0.3 is 0 Å². The van der Waals surface area contributed by atoms with Crippen LogP contribution in [0.25, 0.3) is 0 Å². The lowest BCUT2D eigenvalue weighted by molar-refractivity contribution is -0.129. The van der Waals surface area contributed by atoms with Gasteiger partial charge in [0.2, 0.25) is 5.91 Å². The van der Waals surface area contributed by atoms with Crippen LogP contribution in [0, 0.1) is 0 Å². The molecule has 21 heavy (non-hydrogen) atoms.